The highest BCUT2D eigenvalue weighted by atomic mass is 31.1. The van der Waals surface area contributed by atoms with Gasteiger partial charge in [-0.3, -0.25) is 9.88 Å². The van der Waals surface area contributed by atoms with Gasteiger partial charge in [-0.1, -0.05) is 97.1 Å². The van der Waals surface area contributed by atoms with Crippen molar-refractivity contribution in [3.63, 3.8) is 0 Å². The molecule has 0 aliphatic heterocycles. The summed E-state index contributed by atoms with van der Waals surface area (Å²) in [4.78, 5) is 7.24. The van der Waals surface area contributed by atoms with Gasteiger partial charge in [0.2, 0.25) is 0 Å². The van der Waals surface area contributed by atoms with Gasteiger partial charge in [0.25, 0.3) is 0 Å². The fraction of sp³-hybridized carbons (Fsp3) is 0.115. The van der Waals surface area contributed by atoms with Crippen LogP contribution in [0, 0.1) is 0 Å². The van der Waals surface area contributed by atoms with Gasteiger partial charge in [0, 0.05) is 12.7 Å². The van der Waals surface area contributed by atoms with Crippen molar-refractivity contribution in [1.82, 2.24) is 9.88 Å². The Balaban J connectivity index is 1.80. The lowest BCUT2D eigenvalue weighted by molar-refractivity contribution is 0.303. The van der Waals surface area contributed by atoms with Gasteiger partial charge < -0.3 is 0 Å². The first-order valence-electron chi connectivity index (χ1n) is 9.87. The molecule has 144 valence electrons. The zero-order valence-electron chi connectivity index (χ0n) is 16.6. The van der Waals surface area contributed by atoms with Crippen molar-refractivity contribution >= 4 is 18.5 Å². The van der Waals surface area contributed by atoms with E-state index in [9.17, 15) is 0 Å². The van der Waals surface area contributed by atoms with Crippen LogP contribution >= 0.6 is 7.92 Å². The molecule has 4 aromatic rings. The third kappa shape index (κ3) is 4.79. The van der Waals surface area contributed by atoms with Crippen LogP contribution in [0.2, 0.25) is 0 Å². The van der Waals surface area contributed by atoms with Crippen molar-refractivity contribution in [2.75, 3.05) is 7.05 Å². The maximum absolute atomic E-state index is 4.79. The van der Waals surface area contributed by atoms with E-state index in [2.05, 4.69) is 115 Å². The van der Waals surface area contributed by atoms with Crippen molar-refractivity contribution in [1.29, 1.82) is 0 Å². The number of rotatable bonds is 7. The second-order valence-electron chi connectivity index (χ2n) is 7.07. The van der Waals surface area contributed by atoms with E-state index >= 15 is 0 Å². The van der Waals surface area contributed by atoms with E-state index in [1.165, 1.54) is 16.2 Å². The molecule has 0 aliphatic carbocycles. The molecule has 29 heavy (non-hydrogen) atoms. The first kappa shape index (κ1) is 19.5. The Morgan fingerprint density at radius 3 is 1.72 bits per heavy atom. The third-order valence-electron chi connectivity index (χ3n) is 4.96. The summed E-state index contributed by atoms with van der Waals surface area (Å²) in [6.45, 7) is 0.876. The lowest BCUT2D eigenvalue weighted by Crippen LogP contribution is -2.30. The molecule has 0 radical (unpaired) electrons. The fourth-order valence-electron chi connectivity index (χ4n) is 3.65. The van der Waals surface area contributed by atoms with Crippen LogP contribution in [0.4, 0.5) is 0 Å². The molecule has 1 aromatic heterocycles. The maximum Gasteiger partial charge on any atom is 0.0804 e. The summed E-state index contributed by atoms with van der Waals surface area (Å²) < 4.78 is 0. The molecule has 0 spiro atoms. The molecule has 3 heteroatoms. The van der Waals surface area contributed by atoms with Crippen LogP contribution in [-0.2, 0) is 6.54 Å². The summed E-state index contributed by atoms with van der Waals surface area (Å²) in [6, 6.07) is 38.7. The van der Waals surface area contributed by atoms with E-state index in [0.717, 1.165) is 12.2 Å². The Morgan fingerprint density at radius 2 is 1.21 bits per heavy atom. The molecule has 1 atom stereocenters. The molecule has 0 saturated heterocycles. The number of benzene rings is 3. The molecule has 1 unspecified atom stereocenters. The molecule has 0 bridgehead atoms. The summed E-state index contributed by atoms with van der Waals surface area (Å²) in [7, 11) is 1.55. The van der Waals surface area contributed by atoms with Gasteiger partial charge in [0.15, 0.2) is 0 Å². The Kier molecular flexibility index (Phi) is 6.46. The van der Waals surface area contributed by atoms with Crippen LogP contribution in [0.3, 0.4) is 0 Å². The van der Waals surface area contributed by atoms with Gasteiger partial charge in [0.05, 0.1) is 11.5 Å². The van der Waals surface area contributed by atoms with Crippen molar-refractivity contribution in [2.24, 2.45) is 0 Å². The van der Waals surface area contributed by atoms with Crippen molar-refractivity contribution in [2.45, 2.75) is 12.3 Å². The Bertz CT molecular complexity index is 952. The van der Waals surface area contributed by atoms with Crippen LogP contribution < -0.4 is 10.6 Å². The number of hydrogen-bond acceptors (Lipinski definition) is 2. The minimum absolute atomic E-state index is 0.177. The zero-order chi connectivity index (χ0) is 19.9. The summed E-state index contributed by atoms with van der Waals surface area (Å²) >= 11 is 0. The molecule has 0 aliphatic rings. The van der Waals surface area contributed by atoms with Crippen LogP contribution in [0.25, 0.3) is 0 Å². The zero-order valence-corrected chi connectivity index (χ0v) is 17.5. The van der Waals surface area contributed by atoms with Gasteiger partial charge in [-0.05, 0) is 43.3 Å². The summed E-state index contributed by atoms with van der Waals surface area (Å²) in [5, 5.41) is 2.73. The SMILES string of the molecule is CN(Cc1ccccc1)C(c1ccccn1)P(c1ccccc1)c1ccccc1. The van der Waals surface area contributed by atoms with Crippen molar-refractivity contribution in [3.8, 4) is 0 Å². The number of pyridine rings is 1. The lowest BCUT2D eigenvalue weighted by atomic mass is 10.2. The summed E-state index contributed by atoms with van der Waals surface area (Å²) in [5.74, 6) is 0.177. The van der Waals surface area contributed by atoms with Crippen LogP contribution in [0.15, 0.2) is 115 Å². The number of nitrogens with zero attached hydrogens (tertiary/aromatic N) is 2. The van der Waals surface area contributed by atoms with Crippen LogP contribution in [-0.4, -0.2) is 16.9 Å². The minimum atomic E-state index is -0.663. The Hall–Kier alpha value is -2.80. The monoisotopic (exact) mass is 396 g/mol. The summed E-state index contributed by atoms with van der Waals surface area (Å²) in [5.41, 5.74) is 2.43. The number of aromatic nitrogens is 1. The molecule has 0 saturated carbocycles. The van der Waals surface area contributed by atoms with Gasteiger partial charge >= 0.3 is 0 Å². The molecule has 0 fully saturated rings. The topological polar surface area (TPSA) is 16.1 Å². The van der Waals surface area contributed by atoms with Gasteiger partial charge in [-0.2, -0.15) is 0 Å². The Labute approximate surface area is 174 Å². The number of hydrogen-bond donors (Lipinski definition) is 0. The highest BCUT2D eigenvalue weighted by Gasteiger charge is 2.30. The molecule has 0 amide bonds. The quantitative estimate of drug-likeness (QED) is 0.392. The van der Waals surface area contributed by atoms with E-state index in [1.54, 1.807) is 0 Å². The largest absolute Gasteiger partial charge is 0.289 e. The minimum Gasteiger partial charge on any atom is -0.289 e. The molecule has 4 rings (SSSR count). The molecule has 0 N–H and O–H groups in total. The van der Waals surface area contributed by atoms with E-state index in [0.29, 0.717) is 0 Å². The molecule has 2 nitrogen and oxygen atoms in total. The highest BCUT2D eigenvalue weighted by Crippen LogP contribution is 2.50. The molecular weight excluding hydrogens is 371 g/mol. The van der Waals surface area contributed by atoms with Gasteiger partial charge in [-0.25, -0.2) is 0 Å². The van der Waals surface area contributed by atoms with Crippen LogP contribution in [0.5, 0.6) is 0 Å². The van der Waals surface area contributed by atoms with Crippen molar-refractivity contribution in [3.05, 3.63) is 127 Å². The molecule has 3 aromatic carbocycles. The fourth-order valence-corrected chi connectivity index (χ4v) is 6.39. The molecular formula is C26H25N2P. The predicted octanol–water partition coefficient (Wildman–Crippen LogP) is 5.35. The summed E-state index contributed by atoms with van der Waals surface area (Å²) in [6.07, 6.45) is 1.90. The van der Waals surface area contributed by atoms with E-state index < -0.39 is 7.92 Å². The van der Waals surface area contributed by atoms with Crippen molar-refractivity contribution < 1.29 is 0 Å². The second-order valence-corrected chi connectivity index (χ2v) is 9.33. The third-order valence-corrected chi connectivity index (χ3v) is 7.81. The van der Waals surface area contributed by atoms with Gasteiger partial charge in [-0.15, -0.1) is 0 Å². The second kappa shape index (κ2) is 9.60. The Morgan fingerprint density at radius 1 is 0.690 bits per heavy atom. The van der Waals surface area contributed by atoms with Gasteiger partial charge in [0.1, 0.15) is 0 Å². The van der Waals surface area contributed by atoms with E-state index in [-0.39, 0.29) is 5.78 Å². The van der Waals surface area contributed by atoms with E-state index in [1.807, 2.05) is 12.3 Å². The highest BCUT2D eigenvalue weighted by molar-refractivity contribution is 7.73. The first-order valence-corrected chi connectivity index (χ1v) is 11.3. The van der Waals surface area contributed by atoms with E-state index in [4.69, 9.17) is 4.98 Å². The average Bonchev–Trinajstić information content (AvgIpc) is 2.79. The predicted molar refractivity (Wildman–Crippen MR) is 124 cm³/mol. The smallest absolute Gasteiger partial charge is 0.0804 e. The normalized spacial score (nSPS) is 12.2. The lowest BCUT2D eigenvalue weighted by Gasteiger charge is -2.35. The van der Waals surface area contributed by atoms with Crippen LogP contribution in [0.1, 0.15) is 17.0 Å². The molecule has 1 heterocycles. The first-order chi connectivity index (χ1) is 14.3. The standard InChI is InChI=1S/C26H25N2P/c1-28(21-22-13-5-2-6-14-22)26(25-19-11-12-20-27-25)29(23-15-7-3-8-16-23)24-17-9-4-10-18-24/h2-20,26H,21H2,1H3. The maximum atomic E-state index is 4.79. The average molecular weight is 396 g/mol.